The number of hydrogen-bond donors (Lipinski definition) is 1. The third-order valence-corrected chi connectivity index (χ3v) is 2.42. The fraction of sp³-hybridized carbons (Fsp3) is 0.308. The summed E-state index contributed by atoms with van der Waals surface area (Å²) in [5.41, 5.74) is 0.882. The van der Waals surface area contributed by atoms with Gasteiger partial charge in [-0.05, 0) is 11.6 Å². The number of carboxylic acid groups (broad SMARTS) is 1. The average molecular weight is 263 g/mol. The van der Waals surface area contributed by atoms with E-state index in [2.05, 4.69) is 11.6 Å². The van der Waals surface area contributed by atoms with Crippen LogP contribution in [0.4, 0.5) is 4.79 Å². The van der Waals surface area contributed by atoms with Crippen LogP contribution < -0.4 is 0 Å². The van der Waals surface area contributed by atoms with Crippen molar-refractivity contribution in [2.75, 3.05) is 20.1 Å². The Hall–Kier alpha value is -2.37. The zero-order valence-corrected chi connectivity index (χ0v) is 10.8. The van der Waals surface area contributed by atoms with Gasteiger partial charge in [0, 0.05) is 32.5 Å². The molecular weight excluding hydrogens is 246 g/mol. The van der Waals surface area contributed by atoms with Crippen molar-refractivity contribution < 1.29 is 14.7 Å². The van der Waals surface area contributed by atoms with Crippen LogP contribution in [0.3, 0.4) is 0 Å². The van der Waals surface area contributed by atoms with E-state index < -0.39 is 5.97 Å². The number of urea groups is 1. The molecule has 0 bridgehead atoms. The minimum Gasteiger partial charge on any atom is -0.480 e. The maximum Gasteiger partial charge on any atom is 0.323 e. The number of amides is 2. The topological polar surface area (TPSA) is 73.7 Å². The van der Waals surface area contributed by atoms with Crippen molar-refractivity contribution in [1.29, 1.82) is 0 Å². The molecule has 0 unspecified atom stereocenters. The number of carboxylic acids is 1. The predicted octanol–water partition coefficient (Wildman–Crippen LogP) is 1.21. The van der Waals surface area contributed by atoms with Crippen molar-refractivity contribution in [2.45, 2.75) is 6.54 Å². The molecule has 0 spiro atoms. The quantitative estimate of drug-likeness (QED) is 0.783. The first kappa shape index (κ1) is 14.7. The monoisotopic (exact) mass is 263 g/mol. The first-order chi connectivity index (χ1) is 9.04. The van der Waals surface area contributed by atoms with Crippen LogP contribution in [0.25, 0.3) is 0 Å². The number of carbonyl (C=O) groups is 2. The van der Waals surface area contributed by atoms with E-state index in [4.69, 9.17) is 5.11 Å². The maximum atomic E-state index is 12.1. The molecule has 0 saturated heterocycles. The van der Waals surface area contributed by atoms with Crippen molar-refractivity contribution in [1.82, 2.24) is 14.8 Å². The minimum absolute atomic E-state index is 0.197. The number of carbonyl (C=O) groups excluding carboxylic acids is 1. The van der Waals surface area contributed by atoms with E-state index in [1.54, 1.807) is 25.5 Å². The second-order valence-electron chi connectivity index (χ2n) is 4.06. The molecule has 1 aromatic rings. The first-order valence-corrected chi connectivity index (χ1v) is 5.76. The highest BCUT2D eigenvalue weighted by atomic mass is 16.4. The van der Waals surface area contributed by atoms with E-state index >= 15 is 0 Å². The Morgan fingerprint density at radius 1 is 1.53 bits per heavy atom. The van der Waals surface area contributed by atoms with Crippen LogP contribution in [0.1, 0.15) is 5.56 Å². The van der Waals surface area contributed by atoms with Crippen LogP contribution in [0.15, 0.2) is 37.2 Å². The molecular formula is C13H17N3O3. The third-order valence-electron chi connectivity index (χ3n) is 2.42. The van der Waals surface area contributed by atoms with E-state index in [0.29, 0.717) is 6.54 Å². The number of aromatic nitrogens is 1. The lowest BCUT2D eigenvalue weighted by atomic mass is 10.3. The molecule has 6 nitrogen and oxygen atoms in total. The van der Waals surface area contributed by atoms with Gasteiger partial charge < -0.3 is 14.9 Å². The molecule has 0 atom stereocenters. The SMILES string of the molecule is C=CCN(CC(=O)O)C(=O)N(C)Cc1cccnc1. The number of pyridine rings is 1. The van der Waals surface area contributed by atoms with Crippen LogP contribution in [0, 0.1) is 0 Å². The lowest BCUT2D eigenvalue weighted by Crippen LogP contribution is -2.43. The number of hydrogen-bond acceptors (Lipinski definition) is 3. The predicted molar refractivity (Wildman–Crippen MR) is 70.5 cm³/mol. The van der Waals surface area contributed by atoms with E-state index in [1.165, 1.54) is 15.9 Å². The fourth-order valence-electron chi connectivity index (χ4n) is 1.60. The van der Waals surface area contributed by atoms with Crippen molar-refractivity contribution in [2.24, 2.45) is 0 Å². The van der Waals surface area contributed by atoms with Crippen LogP contribution in [-0.2, 0) is 11.3 Å². The maximum absolute atomic E-state index is 12.1. The zero-order chi connectivity index (χ0) is 14.3. The van der Waals surface area contributed by atoms with Gasteiger partial charge in [0.25, 0.3) is 0 Å². The molecule has 0 aliphatic rings. The van der Waals surface area contributed by atoms with Gasteiger partial charge in [-0.2, -0.15) is 0 Å². The third kappa shape index (κ3) is 4.79. The highest BCUT2D eigenvalue weighted by Gasteiger charge is 2.19. The molecule has 1 rings (SSSR count). The largest absolute Gasteiger partial charge is 0.480 e. The molecule has 1 N–H and O–H groups in total. The molecule has 2 amide bonds. The molecule has 6 heteroatoms. The molecule has 1 heterocycles. The summed E-state index contributed by atoms with van der Waals surface area (Å²) in [5, 5.41) is 8.77. The Labute approximate surface area is 112 Å². The van der Waals surface area contributed by atoms with Crippen LogP contribution in [0.5, 0.6) is 0 Å². The van der Waals surface area contributed by atoms with Crippen LogP contribution in [0.2, 0.25) is 0 Å². The van der Waals surface area contributed by atoms with E-state index in [0.717, 1.165) is 5.56 Å². The van der Waals surface area contributed by atoms with Gasteiger partial charge >= 0.3 is 12.0 Å². The smallest absolute Gasteiger partial charge is 0.323 e. The normalized spacial score (nSPS) is 9.74. The standard InChI is InChI=1S/C13H17N3O3/c1-3-7-16(10-12(17)18)13(19)15(2)9-11-5-4-6-14-8-11/h3-6,8H,1,7,9-10H2,2H3,(H,17,18). The van der Waals surface area contributed by atoms with E-state index in [1.807, 2.05) is 6.07 Å². The highest BCUT2D eigenvalue weighted by molar-refractivity contribution is 5.80. The molecule has 19 heavy (non-hydrogen) atoms. The summed E-state index contributed by atoms with van der Waals surface area (Å²) in [7, 11) is 1.62. The minimum atomic E-state index is -1.05. The molecule has 1 aromatic heterocycles. The summed E-state index contributed by atoms with van der Waals surface area (Å²) in [5.74, 6) is -1.05. The summed E-state index contributed by atoms with van der Waals surface area (Å²) in [4.78, 5) is 29.4. The molecule has 0 saturated carbocycles. The van der Waals surface area contributed by atoms with Crippen molar-refractivity contribution in [3.63, 3.8) is 0 Å². The Kier molecular flexibility index (Phi) is 5.53. The fourth-order valence-corrected chi connectivity index (χ4v) is 1.60. The van der Waals surface area contributed by atoms with Crippen LogP contribution in [-0.4, -0.2) is 52.0 Å². The van der Waals surface area contributed by atoms with Gasteiger partial charge in [0.15, 0.2) is 0 Å². The number of nitrogens with zero attached hydrogens (tertiary/aromatic N) is 3. The van der Waals surface area contributed by atoms with Gasteiger partial charge in [0.1, 0.15) is 6.54 Å². The Balaban J connectivity index is 2.67. The molecule has 0 aromatic carbocycles. The second kappa shape index (κ2) is 7.15. The van der Waals surface area contributed by atoms with Gasteiger partial charge in [0.05, 0.1) is 0 Å². The Morgan fingerprint density at radius 2 is 2.26 bits per heavy atom. The Morgan fingerprint density at radius 3 is 2.79 bits per heavy atom. The summed E-state index contributed by atoms with van der Waals surface area (Å²) >= 11 is 0. The Bertz CT molecular complexity index is 448. The van der Waals surface area contributed by atoms with Gasteiger partial charge in [-0.3, -0.25) is 9.78 Å². The highest BCUT2D eigenvalue weighted by Crippen LogP contribution is 2.04. The summed E-state index contributed by atoms with van der Waals surface area (Å²) in [6.45, 7) is 3.75. The van der Waals surface area contributed by atoms with Gasteiger partial charge in [-0.1, -0.05) is 12.1 Å². The summed E-state index contributed by atoms with van der Waals surface area (Å²) in [6, 6.07) is 3.28. The van der Waals surface area contributed by atoms with Crippen LogP contribution >= 0.6 is 0 Å². The average Bonchev–Trinajstić information content (AvgIpc) is 2.38. The number of rotatable bonds is 6. The zero-order valence-electron chi connectivity index (χ0n) is 10.8. The molecule has 102 valence electrons. The van der Waals surface area contributed by atoms with E-state index in [9.17, 15) is 9.59 Å². The van der Waals surface area contributed by atoms with Crippen molar-refractivity contribution >= 4 is 12.0 Å². The summed E-state index contributed by atoms with van der Waals surface area (Å²) < 4.78 is 0. The van der Waals surface area contributed by atoms with Gasteiger partial charge in [0.2, 0.25) is 0 Å². The summed E-state index contributed by atoms with van der Waals surface area (Å²) in [6.07, 6.45) is 4.82. The van der Waals surface area contributed by atoms with E-state index in [-0.39, 0.29) is 19.1 Å². The number of aliphatic carboxylic acids is 1. The van der Waals surface area contributed by atoms with Gasteiger partial charge in [-0.25, -0.2) is 4.79 Å². The molecule has 0 radical (unpaired) electrons. The first-order valence-electron chi connectivity index (χ1n) is 5.76. The van der Waals surface area contributed by atoms with Gasteiger partial charge in [-0.15, -0.1) is 6.58 Å². The lowest BCUT2D eigenvalue weighted by Gasteiger charge is -2.26. The molecule has 0 fully saturated rings. The lowest BCUT2D eigenvalue weighted by molar-refractivity contribution is -0.137. The molecule has 0 aliphatic carbocycles. The molecule has 0 aliphatic heterocycles. The van der Waals surface area contributed by atoms with Crippen molar-refractivity contribution in [3.8, 4) is 0 Å². The van der Waals surface area contributed by atoms with Crippen molar-refractivity contribution in [3.05, 3.63) is 42.7 Å². The second-order valence-corrected chi connectivity index (χ2v) is 4.06.